The van der Waals surface area contributed by atoms with E-state index in [1.165, 1.54) is 38.6 Å². The Hall–Kier alpha value is -0.0400. The lowest BCUT2D eigenvalue weighted by atomic mass is 9.98. The molecular formula is C12H27N. The van der Waals surface area contributed by atoms with Crippen LogP contribution in [0.15, 0.2) is 0 Å². The smallest absolute Gasteiger partial charge is 0.00104 e. The van der Waals surface area contributed by atoms with E-state index < -0.39 is 0 Å². The molecule has 0 aromatic rings. The predicted octanol–water partition coefficient (Wildman–Crippen LogP) is 3.59. The Balaban J connectivity index is 3.39. The Morgan fingerprint density at radius 3 is 2.23 bits per heavy atom. The Bertz CT molecular complexity index is 99.3. The van der Waals surface area contributed by atoms with Crippen molar-refractivity contribution in [2.24, 2.45) is 5.92 Å². The number of nitrogens with one attached hydrogen (secondary N) is 1. The fourth-order valence-corrected chi connectivity index (χ4v) is 1.54. The van der Waals surface area contributed by atoms with Crippen LogP contribution in [-0.2, 0) is 0 Å². The minimum absolute atomic E-state index is 0.639. The van der Waals surface area contributed by atoms with Gasteiger partial charge in [0.1, 0.15) is 0 Å². The zero-order valence-electron chi connectivity index (χ0n) is 9.90. The molecule has 0 fully saturated rings. The maximum atomic E-state index is 3.52. The summed E-state index contributed by atoms with van der Waals surface area (Å²) in [5.74, 6) is 0.897. The molecule has 0 aliphatic carbocycles. The van der Waals surface area contributed by atoms with Crippen LogP contribution in [0.2, 0.25) is 0 Å². The largest absolute Gasteiger partial charge is 0.314 e. The molecule has 1 unspecified atom stereocenters. The Kier molecular flexibility index (Phi) is 8.53. The molecule has 0 saturated carbocycles. The van der Waals surface area contributed by atoms with Gasteiger partial charge in [-0.15, -0.1) is 0 Å². The Morgan fingerprint density at radius 1 is 1.08 bits per heavy atom. The summed E-state index contributed by atoms with van der Waals surface area (Å²) in [5.41, 5.74) is 0. The molecular weight excluding hydrogens is 158 g/mol. The van der Waals surface area contributed by atoms with E-state index in [0.717, 1.165) is 5.92 Å². The third kappa shape index (κ3) is 8.29. The highest BCUT2D eigenvalue weighted by Gasteiger charge is 2.05. The number of hydrogen-bond acceptors (Lipinski definition) is 1. The van der Waals surface area contributed by atoms with Crippen LogP contribution in [0.5, 0.6) is 0 Å². The van der Waals surface area contributed by atoms with Gasteiger partial charge in [-0.3, -0.25) is 0 Å². The average Bonchev–Trinajstić information content (AvgIpc) is 2.10. The van der Waals surface area contributed by atoms with Gasteiger partial charge in [0, 0.05) is 6.04 Å². The van der Waals surface area contributed by atoms with Crippen LogP contribution in [0.25, 0.3) is 0 Å². The molecule has 0 rings (SSSR count). The molecule has 0 aliphatic rings. The second-order valence-electron chi connectivity index (χ2n) is 4.33. The summed E-state index contributed by atoms with van der Waals surface area (Å²) in [7, 11) is 0. The quantitative estimate of drug-likeness (QED) is 0.570. The molecule has 0 amide bonds. The van der Waals surface area contributed by atoms with Gasteiger partial charge < -0.3 is 5.32 Å². The van der Waals surface area contributed by atoms with Crippen molar-refractivity contribution in [3.8, 4) is 0 Å². The molecule has 1 heteroatoms. The maximum Gasteiger partial charge on any atom is 0.00104 e. The van der Waals surface area contributed by atoms with E-state index in [1.54, 1.807) is 0 Å². The lowest BCUT2D eigenvalue weighted by Crippen LogP contribution is -2.28. The molecule has 0 heterocycles. The first kappa shape index (κ1) is 13.0. The van der Waals surface area contributed by atoms with Crippen molar-refractivity contribution in [2.75, 3.05) is 6.54 Å². The molecule has 0 aliphatic heterocycles. The summed E-state index contributed by atoms with van der Waals surface area (Å²) < 4.78 is 0. The number of hydrogen-bond donors (Lipinski definition) is 1. The van der Waals surface area contributed by atoms with Crippen molar-refractivity contribution in [3.63, 3.8) is 0 Å². The first-order chi connectivity index (χ1) is 6.20. The fourth-order valence-electron chi connectivity index (χ4n) is 1.54. The van der Waals surface area contributed by atoms with Gasteiger partial charge in [-0.05, 0) is 18.9 Å². The second-order valence-corrected chi connectivity index (χ2v) is 4.33. The third-order valence-electron chi connectivity index (χ3n) is 2.61. The van der Waals surface area contributed by atoms with Crippen molar-refractivity contribution in [1.29, 1.82) is 0 Å². The highest BCUT2D eigenvalue weighted by atomic mass is 14.9. The molecule has 0 spiro atoms. The highest BCUT2D eigenvalue weighted by Crippen LogP contribution is 2.12. The maximum absolute atomic E-state index is 3.52. The summed E-state index contributed by atoms with van der Waals surface area (Å²) in [6, 6.07) is 0.639. The van der Waals surface area contributed by atoms with E-state index in [9.17, 15) is 0 Å². The zero-order valence-corrected chi connectivity index (χ0v) is 9.90. The van der Waals surface area contributed by atoms with Gasteiger partial charge in [0.15, 0.2) is 0 Å². The fraction of sp³-hybridized carbons (Fsp3) is 1.00. The van der Waals surface area contributed by atoms with Crippen LogP contribution in [0, 0.1) is 5.92 Å². The third-order valence-corrected chi connectivity index (χ3v) is 2.61. The van der Waals surface area contributed by atoms with Crippen LogP contribution in [0.1, 0.15) is 59.8 Å². The Morgan fingerprint density at radius 2 is 1.77 bits per heavy atom. The van der Waals surface area contributed by atoms with E-state index in [4.69, 9.17) is 0 Å². The van der Waals surface area contributed by atoms with Crippen molar-refractivity contribution in [3.05, 3.63) is 0 Å². The monoisotopic (exact) mass is 185 g/mol. The van der Waals surface area contributed by atoms with Gasteiger partial charge in [0.25, 0.3) is 0 Å². The van der Waals surface area contributed by atoms with Crippen LogP contribution < -0.4 is 5.32 Å². The van der Waals surface area contributed by atoms with Crippen molar-refractivity contribution < 1.29 is 0 Å². The average molecular weight is 185 g/mol. The molecule has 1 atom stereocenters. The van der Waals surface area contributed by atoms with Crippen molar-refractivity contribution >= 4 is 0 Å². The lowest BCUT2D eigenvalue weighted by Gasteiger charge is -2.17. The van der Waals surface area contributed by atoms with Crippen LogP contribution in [-0.4, -0.2) is 12.6 Å². The first-order valence-electron chi connectivity index (χ1n) is 5.94. The van der Waals surface area contributed by atoms with Crippen molar-refractivity contribution in [2.45, 2.75) is 65.8 Å². The number of unbranched alkanes of at least 4 members (excludes halogenated alkanes) is 2. The minimum Gasteiger partial charge on any atom is -0.314 e. The summed E-state index contributed by atoms with van der Waals surface area (Å²) in [6.07, 6.45) is 6.88. The topological polar surface area (TPSA) is 12.0 Å². The lowest BCUT2D eigenvalue weighted by molar-refractivity contribution is 0.399. The molecule has 0 aromatic heterocycles. The second kappa shape index (κ2) is 8.55. The van der Waals surface area contributed by atoms with Crippen LogP contribution in [0.3, 0.4) is 0 Å². The molecule has 1 nitrogen and oxygen atoms in total. The molecule has 0 bridgehead atoms. The molecule has 0 radical (unpaired) electrons. The molecule has 13 heavy (non-hydrogen) atoms. The SMILES string of the molecule is CCCCCC(CC)CNC(C)C. The highest BCUT2D eigenvalue weighted by molar-refractivity contribution is 4.63. The van der Waals surface area contributed by atoms with E-state index in [0.29, 0.717) is 6.04 Å². The summed E-state index contributed by atoms with van der Waals surface area (Å²) in [6.45, 7) is 10.2. The van der Waals surface area contributed by atoms with E-state index in [1.807, 2.05) is 0 Å². The van der Waals surface area contributed by atoms with Crippen LogP contribution in [0.4, 0.5) is 0 Å². The summed E-state index contributed by atoms with van der Waals surface area (Å²) in [4.78, 5) is 0. The Labute approximate surface area is 84.3 Å². The van der Waals surface area contributed by atoms with Gasteiger partial charge >= 0.3 is 0 Å². The van der Waals surface area contributed by atoms with E-state index in [-0.39, 0.29) is 0 Å². The molecule has 80 valence electrons. The summed E-state index contributed by atoms with van der Waals surface area (Å²) in [5, 5.41) is 3.52. The zero-order chi connectivity index (χ0) is 10.1. The van der Waals surface area contributed by atoms with Gasteiger partial charge in [-0.25, -0.2) is 0 Å². The summed E-state index contributed by atoms with van der Waals surface area (Å²) >= 11 is 0. The van der Waals surface area contributed by atoms with Gasteiger partial charge in [0.2, 0.25) is 0 Å². The first-order valence-corrected chi connectivity index (χ1v) is 5.94. The van der Waals surface area contributed by atoms with Crippen molar-refractivity contribution in [1.82, 2.24) is 5.32 Å². The molecule has 1 N–H and O–H groups in total. The minimum atomic E-state index is 0.639. The standard InChI is InChI=1S/C12H27N/c1-5-7-8-9-12(6-2)10-13-11(3)4/h11-13H,5-10H2,1-4H3. The normalized spacial score (nSPS) is 13.6. The van der Waals surface area contributed by atoms with Gasteiger partial charge in [-0.2, -0.15) is 0 Å². The molecule has 0 aromatic carbocycles. The van der Waals surface area contributed by atoms with Crippen LogP contribution >= 0.6 is 0 Å². The van der Waals surface area contributed by atoms with E-state index >= 15 is 0 Å². The molecule has 0 saturated heterocycles. The number of rotatable bonds is 8. The van der Waals surface area contributed by atoms with Gasteiger partial charge in [0.05, 0.1) is 0 Å². The van der Waals surface area contributed by atoms with Gasteiger partial charge in [-0.1, -0.05) is 53.4 Å². The predicted molar refractivity (Wildman–Crippen MR) is 61.1 cm³/mol. The van der Waals surface area contributed by atoms with E-state index in [2.05, 4.69) is 33.0 Å².